The zero-order valence-electron chi connectivity index (χ0n) is 20.3. The second-order valence-electron chi connectivity index (χ2n) is 8.44. The summed E-state index contributed by atoms with van der Waals surface area (Å²) in [6, 6.07) is 8.77. The van der Waals surface area contributed by atoms with Gasteiger partial charge in [-0.05, 0) is 72.2 Å². The molecule has 0 bridgehead atoms. The van der Waals surface area contributed by atoms with E-state index in [2.05, 4.69) is 48.7 Å². The number of amides is 1. The average molecular weight is 425 g/mol. The quantitative estimate of drug-likeness (QED) is 0.531. The Labute approximate surface area is 186 Å². The van der Waals surface area contributed by atoms with Crippen molar-refractivity contribution >= 4 is 17.7 Å². The van der Waals surface area contributed by atoms with Crippen molar-refractivity contribution in [3.05, 3.63) is 46.5 Å². The largest absolute Gasteiger partial charge is 0.496 e. The van der Waals surface area contributed by atoms with Gasteiger partial charge in [-0.3, -0.25) is 4.79 Å². The molecule has 0 aliphatic rings. The van der Waals surface area contributed by atoms with Gasteiger partial charge in [0.25, 0.3) is 0 Å². The molecule has 0 unspecified atom stereocenters. The number of hydrogen-bond acceptors (Lipinski definition) is 4. The van der Waals surface area contributed by atoms with Crippen LogP contribution in [0.5, 0.6) is 11.5 Å². The van der Waals surface area contributed by atoms with Gasteiger partial charge in [-0.2, -0.15) is 0 Å². The van der Waals surface area contributed by atoms with Crippen LogP contribution in [0.1, 0.15) is 51.3 Å². The molecule has 5 heteroatoms. The number of carbonyl (C=O) groups is 1. The van der Waals surface area contributed by atoms with Gasteiger partial charge in [0.15, 0.2) is 0 Å². The summed E-state index contributed by atoms with van der Waals surface area (Å²) in [5.74, 6) is 1.44. The van der Waals surface area contributed by atoms with Gasteiger partial charge in [-0.15, -0.1) is 0 Å². The van der Waals surface area contributed by atoms with Gasteiger partial charge in [-0.25, -0.2) is 0 Å². The lowest BCUT2D eigenvalue weighted by Crippen LogP contribution is -2.30. The summed E-state index contributed by atoms with van der Waals surface area (Å²) in [4.78, 5) is 12.4. The summed E-state index contributed by atoms with van der Waals surface area (Å²) >= 11 is 0. The zero-order chi connectivity index (χ0) is 23.3. The lowest BCUT2D eigenvalue weighted by atomic mass is 9.91. The Bertz CT molecular complexity index is 958. The number of rotatable bonds is 8. The van der Waals surface area contributed by atoms with E-state index in [1.165, 1.54) is 0 Å². The Morgan fingerprint density at radius 1 is 0.903 bits per heavy atom. The summed E-state index contributed by atoms with van der Waals surface area (Å²) < 4.78 is 11.7. The second kappa shape index (κ2) is 10.4. The summed E-state index contributed by atoms with van der Waals surface area (Å²) in [6.07, 6.45) is 1.88. The number of ether oxygens (including phenoxy) is 2. The van der Waals surface area contributed by atoms with Gasteiger partial charge < -0.3 is 20.1 Å². The smallest absolute Gasteiger partial charge is 0.247 e. The number of benzene rings is 2. The average Bonchev–Trinajstić information content (AvgIpc) is 2.70. The molecule has 31 heavy (non-hydrogen) atoms. The Morgan fingerprint density at radius 2 is 1.48 bits per heavy atom. The van der Waals surface area contributed by atoms with Gasteiger partial charge in [0, 0.05) is 45.6 Å². The molecule has 2 aromatic carbocycles. The van der Waals surface area contributed by atoms with Crippen LogP contribution in [0.15, 0.2) is 29.8 Å². The van der Waals surface area contributed by atoms with Crippen LogP contribution in [0.2, 0.25) is 0 Å². The van der Waals surface area contributed by atoms with Crippen molar-refractivity contribution in [3.63, 3.8) is 0 Å². The monoisotopic (exact) mass is 424 g/mol. The van der Waals surface area contributed by atoms with E-state index in [9.17, 15) is 4.79 Å². The topological polar surface area (TPSA) is 59.6 Å². The van der Waals surface area contributed by atoms with Crippen molar-refractivity contribution < 1.29 is 14.3 Å². The van der Waals surface area contributed by atoms with Crippen LogP contribution in [0.4, 0.5) is 5.69 Å². The highest BCUT2D eigenvalue weighted by molar-refractivity contribution is 5.98. The van der Waals surface area contributed by atoms with E-state index in [4.69, 9.17) is 9.47 Å². The van der Waals surface area contributed by atoms with Gasteiger partial charge in [0.2, 0.25) is 5.91 Å². The lowest BCUT2D eigenvalue weighted by molar-refractivity contribution is -0.117. The van der Waals surface area contributed by atoms with Crippen molar-refractivity contribution in [2.24, 2.45) is 0 Å². The molecular weight excluding hydrogens is 388 g/mol. The van der Waals surface area contributed by atoms with Gasteiger partial charge >= 0.3 is 0 Å². The Balaban J connectivity index is 2.64. The Hall–Kier alpha value is -2.95. The predicted molar refractivity (Wildman–Crippen MR) is 130 cm³/mol. The first-order chi connectivity index (χ1) is 14.6. The molecule has 2 aromatic rings. The molecule has 2 rings (SSSR count). The minimum Gasteiger partial charge on any atom is -0.496 e. The van der Waals surface area contributed by atoms with Gasteiger partial charge in [-0.1, -0.05) is 12.1 Å². The van der Waals surface area contributed by atoms with Crippen molar-refractivity contribution in [2.75, 3.05) is 19.5 Å². The fourth-order valence-electron chi connectivity index (χ4n) is 3.73. The van der Waals surface area contributed by atoms with Crippen molar-refractivity contribution in [1.29, 1.82) is 0 Å². The van der Waals surface area contributed by atoms with E-state index in [0.717, 1.165) is 45.0 Å². The maximum atomic E-state index is 12.4. The molecule has 2 N–H and O–H groups in total. The molecule has 0 aliphatic carbocycles. The molecule has 1 amide bonds. The maximum absolute atomic E-state index is 12.4. The maximum Gasteiger partial charge on any atom is 0.247 e. The molecule has 168 valence electrons. The van der Waals surface area contributed by atoms with E-state index in [-0.39, 0.29) is 11.9 Å². The van der Waals surface area contributed by atoms with Crippen LogP contribution in [0, 0.1) is 13.8 Å². The third-order valence-electron chi connectivity index (χ3n) is 5.11. The summed E-state index contributed by atoms with van der Waals surface area (Å²) in [6.45, 7) is 14.0. The van der Waals surface area contributed by atoms with E-state index < -0.39 is 0 Å². The van der Waals surface area contributed by atoms with Crippen LogP contribution >= 0.6 is 0 Å². The molecule has 0 radical (unpaired) electrons. The van der Waals surface area contributed by atoms with E-state index >= 15 is 0 Å². The first-order valence-corrected chi connectivity index (χ1v) is 10.7. The highest BCUT2D eigenvalue weighted by atomic mass is 16.5. The molecule has 0 atom stereocenters. The molecule has 0 heterocycles. The minimum absolute atomic E-state index is 0.0747. The molecule has 5 nitrogen and oxygen atoms in total. The number of hydrogen-bond donors (Lipinski definition) is 2. The normalized spacial score (nSPS) is 11.6. The van der Waals surface area contributed by atoms with E-state index in [1.807, 2.05) is 40.7 Å². The molecule has 0 saturated carbocycles. The first kappa shape index (κ1) is 24.3. The number of anilines is 1. The number of methoxy groups -OCH3 is 2. The zero-order valence-corrected chi connectivity index (χ0v) is 20.3. The summed E-state index contributed by atoms with van der Waals surface area (Å²) in [5, 5.41) is 6.35. The molecule has 0 saturated heterocycles. The fourth-order valence-corrected chi connectivity index (χ4v) is 3.73. The first-order valence-electron chi connectivity index (χ1n) is 10.7. The summed E-state index contributed by atoms with van der Waals surface area (Å²) in [7, 11) is 3.34. The van der Waals surface area contributed by atoms with Crippen molar-refractivity contribution in [3.8, 4) is 22.6 Å². The van der Waals surface area contributed by atoms with Crippen LogP contribution in [0.3, 0.4) is 0 Å². The standard InChI is InChI=1S/C26H36N2O3/c1-15(2)27-21-12-10-20(11-13-21)23-19(7)24(30-8)22(18(6)25(23)31-9)14-17(5)26(29)28-16(3)4/h10-16,27H,1-9H3,(H,28,29). The van der Waals surface area contributed by atoms with Gasteiger partial charge in [0.1, 0.15) is 11.5 Å². The van der Waals surface area contributed by atoms with E-state index in [1.54, 1.807) is 14.2 Å². The molecule has 0 aliphatic heterocycles. The second-order valence-corrected chi connectivity index (χ2v) is 8.44. The molecule has 0 fully saturated rings. The highest BCUT2D eigenvalue weighted by Gasteiger charge is 2.22. The van der Waals surface area contributed by atoms with Crippen LogP contribution < -0.4 is 20.1 Å². The van der Waals surface area contributed by atoms with Crippen LogP contribution in [-0.4, -0.2) is 32.2 Å². The fraction of sp³-hybridized carbons (Fsp3) is 0.423. The Morgan fingerprint density at radius 3 is 1.97 bits per heavy atom. The molecule has 0 aromatic heterocycles. The van der Waals surface area contributed by atoms with E-state index in [0.29, 0.717) is 11.6 Å². The number of carbonyl (C=O) groups excluding carboxylic acids is 1. The van der Waals surface area contributed by atoms with Crippen molar-refractivity contribution in [1.82, 2.24) is 5.32 Å². The minimum atomic E-state index is -0.0922. The third kappa shape index (κ3) is 5.60. The van der Waals surface area contributed by atoms with Crippen molar-refractivity contribution in [2.45, 2.75) is 60.5 Å². The van der Waals surface area contributed by atoms with Gasteiger partial charge in [0.05, 0.1) is 14.2 Å². The lowest BCUT2D eigenvalue weighted by Gasteiger charge is -2.22. The highest BCUT2D eigenvalue weighted by Crippen LogP contribution is 2.44. The number of nitrogens with one attached hydrogen (secondary N) is 2. The summed E-state index contributed by atoms with van der Waals surface area (Å²) in [5.41, 5.74) is 6.50. The predicted octanol–water partition coefficient (Wildman–Crippen LogP) is 5.74. The third-order valence-corrected chi connectivity index (χ3v) is 5.11. The SMILES string of the molecule is COc1c(C)c(-c2ccc(NC(C)C)cc2)c(OC)c(C)c1C=C(C)C(=O)NC(C)C. The molecular formula is C26H36N2O3. The van der Waals surface area contributed by atoms with Crippen LogP contribution in [-0.2, 0) is 4.79 Å². The molecule has 0 spiro atoms. The van der Waals surface area contributed by atoms with Crippen LogP contribution in [0.25, 0.3) is 17.2 Å². The Kier molecular flexibility index (Phi) is 8.14.